The zero-order chi connectivity index (χ0) is 13.7. The van der Waals surface area contributed by atoms with Crippen molar-refractivity contribution >= 4 is 33.2 Å². The van der Waals surface area contributed by atoms with Gasteiger partial charge in [0.25, 0.3) is 0 Å². The molecule has 0 spiro atoms. The van der Waals surface area contributed by atoms with Crippen LogP contribution >= 0.6 is 27.5 Å². The molecule has 1 N–H and O–H groups in total. The van der Waals surface area contributed by atoms with Gasteiger partial charge < -0.3 is 10.1 Å². The Kier molecular flexibility index (Phi) is 5.11. The Morgan fingerprint density at radius 1 is 1.16 bits per heavy atom. The van der Waals surface area contributed by atoms with Gasteiger partial charge in [0.05, 0.1) is 11.1 Å². The van der Waals surface area contributed by atoms with Crippen LogP contribution in [0.1, 0.15) is 12.5 Å². The van der Waals surface area contributed by atoms with Crippen LogP contribution in [0.2, 0.25) is 5.02 Å². The van der Waals surface area contributed by atoms with Gasteiger partial charge in [-0.2, -0.15) is 0 Å². The Balaban J connectivity index is 1.99. The first-order chi connectivity index (χ1) is 9.19. The molecule has 4 heteroatoms. The van der Waals surface area contributed by atoms with Gasteiger partial charge in [-0.25, -0.2) is 0 Å². The van der Waals surface area contributed by atoms with Crippen molar-refractivity contribution in [2.24, 2.45) is 0 Å². The van der Waals surface area contributed by atoms with Gasteiger partial charge >= 0.3 is 0 Å². The number of halogens is 2. The normalized spacial score (nSPS) is 10.3. The highest BCUT2D eigenvalue weighted by Crippen LogP contribution is 2.26. The zero-order valence-corrected chi connectivity index (χ0v) is 13.0. The summed E-state index contributed by atoms with van der Waals surface area (Å²) in [6, 6.07) is 13.8. The quantitative estimate of drug-likeness (QED) is 0.816. The second kappa shape index (κ2) is 6.83. The predicted octanol–water partition coefficient (Wildman–Crippen LogP) is 5.11. The molecule has 0 aliphatic heterocycles. The van der Waals surface area contributed by atoms with E-state index in [2.05, 4.69) is 33.4 Å². The van der Waals surface area contributed by atoms with Gasteiger partial charge in [0.2, 0.25) is 0 Å². The van der Waals surface area contributed by atoms with E-state index in [4.69, 9.17) is 16.3 Å². The van der Waals surface area contributed by atoms with Gasteiger partial charge in [-0.1, -0.05) is 17.7 Å². The minimum absolute atomic E-state index is 0.668. The Morgan fingerprint density at radius 2 is 1.89 bits per heavy atom. The maximum Gasteiger partial charge on any atom is 0.133 e. The van der Waals surface area contributed by atoms with Crippen molar-refractivity contribution in [1.29, 1.82) is 0 Å². The SMILES string of the molecule is CCOc1ccc(CNc2ccc(Cl)cc2)cc1Br. The molecule has 0 unspecified atom stereocenters. The Hall–Kier alpha value is -1.19. The lowest BCUT2D eigenvalue weighted by atomic mass is 10.2. The van der Waals surface area contributed by atoms with Gasteiger partial charge in [-0.15, -0.1) is 0 Å². The third-order valence-corrected chi connectivity index (χ3v) is 3.51. The highest BCUT2D eigenvalue weighted by Gasteiger charge is 2.02. The molecule has 0 aliphatic carbocycles. The third-order valence-electron chi connectivity index (χ3n) is 2.64. The van der Waals surface area contributed by atoms with Crippen molar-refractivity contribution in [2.45, 2.75) is 13.5 Å². The Morgan fingerprint density at radius 3 is 2.53 bits per heavy atom. The summed E-state index contributed by atoms with van der Waals surface area (Å²) in [5, 5.41) is 4.09. The summed E-state index contributed by atoms with van der Waals surface area (Å²) in [5.41, 5.74) is 2.24. The number of anilines is 1. The van der Waals surface area contributed by atoms with Crippen LogP contribution in [0.5, 0.6) is 5.75 Å². The van der Waals surface area contributed by atoms with Crippen LogP contribution in [-0.4, -0.2) is 6.61 Å². The largest absolute Gasteiger partial charge is 0.493 e. The molecule has 2 nitrogen and oxygen atoms in total. The van der Waals surface area contributed by atoms with Gasteiger partial charge in [0, 0.05) is 17.3 Å². The molecule has 0 fully saturated rings. The molecule has 100 valence electrons. The van der Waals surface area contributed by atoms with Crippen molar-refractivity contribution in [3.8, 4) is 5.75 Å². The summed E-state index contributed by atoms with van der Waals surface area (Å²) in [6.07, 6.45) is 0. The molecule has 2 rings (SSSR count). The summed E-state index contributed by atoms with van der Waals surface area (Å²) >= 11 is 9.36. The molecule has 0 bridgehead atoms. The van der Waals surface area contributed by atoms with E-state index in [1.807, 2.05) is 37.3 Å². The number of ether oxygens (including phenoxy) is 1. The lowest BCUT2D eigenvalue weighted by molar-refractivity contribution is 0.338. The number of benzene rings is 2. The Labute approximate surface area is 126 Å². The number of rotatable bonds is 5. The van der Waals surface area contributed by atoms with Crippen molar-refractivity contribution < 1.29 is 4.74 Å². The minimum atomic E-state index is 0.668. The van der Waals surface area contributed by atoms with Crippen molar-refractivity contribution in [1.82, 2.24) is 0 Å². The number of hydrogen-bond donors (Lipinski definition) is 1. The lowest BCUT2D eigenvalue weighted by Gasteiger charge is -2.10. The van der Waals surface area contributed by atoms with E-state index in [0.717, 1.165) is 27.5 Å². The van der Waals surface area contributed by atoms with E-state index in [9.17, 15) is 0 Å². The van der Waals surface area contributed by atoms with Crippen molar-refractivity contribution in [3.05, 3.63) is 57.5 Å². The lowest BCUT2D eigenvalue weighted by Crippen LogP contribution is -2.00. The van der Waals surface area contributed by atoms with Crippen LogP contribution in [0.25, 0.3) is 0 Å². The fourth-order valence-corrected chi connectivity index (χ4v) is 2.37. The van der Waals surface area contributed by atoms with Crippen LogP contribution in [0.3, 0.4) is 0 Å². The van der Waals surface area contributed by atoms with Crippen LogP contribution in [0.4, 0.5) is 5.69 Å². The topological polar surface area (TPSA) is 21.3 Å². The van der Waals surface area contributed by atoms with Crippen LogP contribution in [-0.2, 0) is 6.54 Å². The van der Waals surface area contributed by atoms with E-state index < -0.39 is 0 Å². The number of hydrogen-bond acceptors (Lipinski definition) is 2. The van der Waals surface area contributed by atoms with Gasteiger partial charge in [-0.05, 0) is 64.8 Å². The molecule has 0 atom stereocenters. The smallest absolute Gasteiger partial charge is 0.133 e. The fraction of sp³-hybridized carbons (Fsp3) is 0.200. The molecule has 0 amide bonds. The minimum Gasteiger partial charge on any atom is -0.493 e. The van der Waals surface area contributed by atoms with E-state index in [1.165, 1.54) is 5.56 Å². The molecule has 0 radical (unpaired) electrons. The molecule has 0 heterocycles. The van der Waals surface area contributed by atoms with Crippen LogP contribution in [0, 0.1) is 0 Å². The second-order valence-corrected chi connectivity index (χ2v) is 5.35. The van der Waals surface area contributed by atoms with Gasteiger partial charge in [0.1, 0.15) is 5.75 Å². The maximum absolute atomic E-state index is 5.85. The summed E-state index contributed by atoms with van der Waals surface area (Å²) in [7, 11) is 0. The molecule has 2 aromatic rings. The molecule has 0 aliphatic rings. The standard InChI is InChI=1S/C15H15BrClNO/c1-2-19-15-8-3-11(9-14(15)16)10-18-13-6-4-12(17)5-7-13/h3-9,18H,2,10H2,1H3. The monoisotopic (exact) mass is 339 g/mol. The molecular weight excluding hydrogens is 326 g/mol. The first kappa shape index (κ1) is 14.2. The molecular formula is C15H15BrClNO. The van der Waals surface area contributed by atoms with E-state index in [1.54, 1.807) is 0 Å². The third kappa shape index (κ3) is 4.15. The summed E-state index contributed by atoms with van der Waals surface area (Å²) in [5.74, 6) is 0.873. The van der Waals surface area contributed by atoms with Crippen LogP contribution in [0.15, 0.2) is 46.9 Å². The maximum atomic E-state index is 5.85. The van der Waals surface area contributed by atoms with E-state index in [0.29, 0.717) is 6.61 Å². The second-order valence-electron chi connectivity index (χ2n) is 4.06. The van der Waals surface area contributed by atoms with Crippen molar-refractivity contribution in [3.63, 3.8) is 0 Å². The highest BCUT2D eigenvalue weighted by molar-refractivity contribution is 9.10. The predicted molar refractivity (Wildman–Crippen MR) is 84.1 cm³/mol. The highest BCUT2D eigenvalue weighted by atomic mass is 79.9. The van der Waals surface area contributed by atoms with Gasteiger partial charge in [-0.3, -0.25) is 0 Å². The fourth-order valence-electron chi connectivity index (χ4n) is 1.70. The first-order valence-corrected chi connectivity index (χ1v) is 7.27. The van der Waals surface area contributed by atoms with Gasteiger partial charge in [0.15, 0.2) is 0 Å². The Bertz CT molecular complexity index is 542. The molecule has 0 saturated heterocycles. The summed E-state index contributed by atoms with van der Waals surface area (Å²) in [4.78, 5) is 0. The summed E-state index contributed by atoms with van der Waals surface area (Å²) < 4.78 is 6.46. The molecule has 0 saturated carbocycles. The van der Waals surface area contributed by atoms with E-state index in [-0.39, 0.29) is 0 Å². The average molecular weight is 341 g/mol. The van der Waals surface area contributed by atoms with Crippen molar-refractivity contribution in [2.75, 3.05) is 11.9 Å². The summed E-state index contributed by atoms with van der Waals surface area (Å²) in [6.45, 7) is 3.40. The molecule has 0 aromatic heterocycles. The zero-order valence-electron chi connectivity index (χ0n) is 10.6. The number of nitrogens with one attached hydrogen (secondary N) is 1. The molecule has 2 aromatic carbocycles. The first-order valence-electron chi connectivity index (χ1n) is 6.09. The molecule has 19 heavy (non-hydrogen) atoms. The van der Waals surface area contributed by atoms with E-state index >= 15 is 0 Å². The van der Waals surface area contributed by atoms with Crippen LogP contribution < -0.4 is 10.1 Å². The average Bonchev–Trinajstić information content (AvgIpc) is 2.41.